The lowest BCUT2D eigenvalue weighted by atomic mass is 9.62. The van der Waals surface area contributed by atoms with Gasteiger partial charge >= 0.3 is 34.1 Å². The Bertz CT molecular complexity index is 2940. The molecule has 6 unspecified atom stereocenters. The highest BCUT2D eigenvalue weighted by Gasteiger charge is 2.46. The molecular formula is C60H90N12O12. The second-order valence-corrected chi connectivity index (χ2v) is 27.3. The van der Waals surface area contributed by atoms with Crippen molar-refractivity contribution >= 4 is 30.4 Å². The molecule has 0 amide bonds. The number of unbranched alkanes of at least 4 members (excludes halogenated alkanes) is 9. The summed E-state index contributed by atoms with van der Waals surface area (Å²) in [5.74, 6) is 0. The molecule has 5 rings (SSSR count). The van der Waals surface area contributed by atoms with Crippen molar-refractivity contribution in [2.45, 2.75) is 255 Å². The van der Waals surface area contributed by atoms with Crippen LogP contribution in [0.25, 0.3) is 0 Å². The summed E-state index contributed by atoms with van der Waals surface area (Å²) in [6, 6.07) is -0.882. The fourth-order valence-electron chi connectivity index (χ4n) is 14.6. The lowest BCUT2D eigenvalue weighted by molar-refractivity contribution is 0.0519. The van der Waals surface area contributed by atoms with Crippen LogP contribution in [0.5, 0.6) is 0 Å². The molecular weight excluding hydrogens is 1080 g/mol. The summed E-state index contributed by atoms with van der Waals surface area (Å²) in [6.07, 6.45) is 23.9. The van der Waals surface area contributed by atoms with E-state index in [1.54, 1.807) is 24.5 Å². The number of nitrogens with zero attached hydrogens (tertiary/aromatic N) is 12. The molecule has 3 aliphatic carbocycles. The standard InChI is InChI=1S/C36H54N6O6.C24H36N6O6/c1-31(2)10-25(37-22-43)13-34(7,16-31)19-40-28(46)41(20-35(8)14-26(38-23-44)11-32(3,4)17-35)30(48)42(29(40)47)21-36(9)15-27(39-24-45)12-33(5,6)18-36;25-19-36-18-12-6-5-11-17-30-23(34)28(15-9-3-1-7-13-26-20-31)22(33)29(24(30)35)16-10-4-2-8-14-27-21-32/h25-27H,10-21H2,1-9H3;1-18H2. The molecule has 0 aromatic carbocycles. The summed E-state index contributed by atoms with van der Waals surface area (Å²) in [5, 5.41) is 8.39. The number of aromatic nitrogens is 6. The third kappa shape index (κ3) is 21.0. The van der Waals surface area contributed by atoms with E-state index in [0.717, 1.165) is 65.1 Å². The minimum atomic E-state index is -0.668. The van der Waals surface area contributed by atoms with Crippen LogP contribution >= 0.6 is 0 Å². The minimum absolute atomic E-state index is 0.0553. The Morgan fingerprint density at radius 1 is 0.393 bits per heavy atom. The van der Waals surface area contributed by atoms with Gasteiger partial charge in [-0.3, -0.25) is 0 Å². The predicted molar refractivity (Wildman–Crippen MR) is 314 cm³/mol. The fraction of sp³-hybridized carbons (Fsp3) is 0.800. The normalized spacial score (nSPS) is 23.7. The summed E-state index contributed by atoms with van der Waals surface area (Å²) in [6.45, 7) is 20.5. The van der Waals surface area contributed by atoms with E-state index in [1.807, 2.05) is 20.8 Å². The van der Waals surface area contributed by atoms with Gasteiger partial charge < -0.3 is 4.74 Å². The van der Waals surface area contributed by atoms with Gasteiger partial charge in [-0.15, -0.1) is 0 Å². The van der Waals surface area contributed by atoms with Crippen molar-refractivity contribution in [1.82, 2.24) is 27.4 Å². The molecule has 0 N–H and O–H groups in total. The molecule has 6 atom stereocenters. The Morgan fingerprint density at radius 3 is 0.940 bits per heavy atom. The molecule has 2 heterocycles. The Labute approximate surface area is 491 Å². The molecule has 0 bridgehead atoms. The first-order valence-corrected chi connectivity index (χ1v) is 29.8. The van der Waals surface area contributed by atoms with Gasteiger partial charge in [0.15, 0.2) is 0 Å². The second-order valence-electron chi connectivity index (χ2n) is 27.3. The molecule has 462 valence electrons. The van der Waals surface area contributed by atoms with Crippen LogP contribution in [0, 0.1) is 44.0 Å². The molecule has 0 radical (unpaired) electrons. The van der Waals surface area contributed by atoms with Gasteiger partial charge in [-0.25, -0.2) is 105 Å². The highest BCUT2D eigenvalue weighted by Crippen LogP contribution is 2.50. The van der Waals surface area contributed by atoms with Crippen molar-refractivity contribution in [3.8, 4) is 6.26 Å². The average molecular weight is 1170 g/mol. The number of carbonyl (C=O) groups excluding carboxylic acids is 5. The molecule has 24 nitrogen and oxygen atoms in total. The number of hydrogen-bond acceptors (Lipinski definition) is 18. The molecule has 24 heteroatoms. The zero-order valence-corrected chi connectivity index (χ0v) is 51.2. The van der Waals surface area contributed by atoms with E-state index in [-0.39, 0.29) is 73.6 Å². The van der Waals surface area contributed by atoms with Gasteiger partial charge in [0, 0.05) is 39.3 Å². The van der Waals surface area contributed by atoms with E-state index in [4.69, 9.17) is 5.26 Å². The first kappa shape index (κ1) is 69.5. The van der Waals surface area contributed by atoms with E-state index in [9.17, 15) is 52.7 Å². The van der Waals surface area contributed by atoms with Gasteiger partial charge in [-0.2, -0.15) is 5.26 Å². The molecule has 3 fully saturated rings. The lowest BCUT2D eigenvalue weighted by Crippen LogP contribution is -2.59. The van der Waals surface area contributed by atoms with E-state index < -0.39 is 50.4 Å². The molecule has 3 aliphatic rings. The summed E-state index contributed by atoms with van der Waals surface area (Å²) < 4.78 is 11.7. The Hall–Kier alpha value is -6.99. The van der Waals surface area contributed by atoms with Crippen LogP contribution in [0.2, 0.25) is 0 Å². The molecule has 84 heavy (non-hydrogen) atoms. The van der Waals surface area contributed by atoms with Crippen molar-refractivity contribution in [3.05, 3.63) is 62.9 Å². The van der Waals surface area contributed by atoms with Crippen molar-refractivity contribution in [2.24, 2.45) is 57.5 Å². The highest BCUT2D eigenvalue weighted by atomic mass is 16.5. The highest BCUT2D eigenvalue weighted by molar-refractivity contribution is 5.35. The maximum absolute atomic E-state index is 14.4. The quantitative estimate of drug-likeness (QED) is 0.0331. The Balaban J connectivity index is 0.000000377. The van der Waals surface area contributed by atoms with Crippen molar-refractivity contribution < 1.29 is 28.7 Å². The van der Waals surface area contributed by atoms with E-state index in [2.05, 4.69) is 71.2 Å². The number of isocyanates is 5. The predicted octanol–water partition coefficient (Wildman–Crippen LogP) is 6.96. The van der Waals surface area contributed by atoms with E-state index in [0.29, 0.717) is 103 Å². The molecule has 2 aromatic heterocycles. The van der Waals surface area contributed by atoms with Gasteiger partial charge in [-0.05, 0) is 135 Å². The summed E-state index contributed by atoms with van der Waals surface area (Å²) in [5.41, 5.74) is -6.12. The first-order chi connectivity index (χ1) is 39.6. The molecule has 0 aliphatic heterocycles. The van der Waals surface area contributed by atoms with Crippen LogP contribution in [0.1, 0.15) is 197 Å². The van der Waals surface area contributed by atoms with E-state index in [1.165, 1.54) is 25.9 Å². The first-order valence-electron chi connectivity index (χ1n) is 29.8. The van der Waals surface area contributed by atoms with Gasteiger partial charge in [0.1, 0.15) is 6.61 Å². The number of nitriles is 1. The number of hydrogen-bond donors (Lipinski definition) is 0. The van der Waals surface area contributed by atoms with Crippen LogP contribution in [0.15, 0.2) is 53.7 Å². The SMILES string of the molecule is CC1(C)CC(N=C=O)CC(C)(Cn2c(=O)n(CC3(C)CC(N=C=O)CC(C)(C)C3)c(=O)n(CC3(C)CC(N=C=O)CC(C)(C)C3)c2=O)C1.N#COCCCCCCn1c(=O)n(CCCCCCN=C=O)c(=O)n(CCCCCCN=C=O)c1=O. The third-order valence-electron chi connectivity index (χ3n) is 16.7. The molecule has 3 saturated carbocycles. The molecule has 0 spiro atoms. The maximum atomic E-state index is 14.4. The topological polar surface area (TPSA) is 312 Å². The maximum Gasteiger partial charge on any atom is 0.336 e. The largest absolute Gasteiger partial charge is 0.428 e. The Kier molecular flexibility index (Phi) is 26.3. The summed E-state index contributed by atoms with van der Waals surface area (Å²) in [4.78, 5) is 155. The van der Waals surface area contributed by atoms with Crippen molar-refractivity contribution in [2.75, 3.05) is 19.7 Å². The zero-order chi connectivity index (χ0) is 62.4. The monoisotopic (exact) mass is 1170 g/mol. The van der Waals surface area contributed by atoms with Crippen LogP contribution < -0.4 is 34.1 Å². The van der Waals surface area contributed by atoms with Gasteiger partial charge in [-0.1, -0.05) is 94.4 Å². The van der Waals surface area contributed by atoms with E-state index >= 15 is 0 Å². The van der Waals surface area contributed by atoms with Gasteiger partial charge in [0.25, 0.3) is 6.26 Å². The summed E-state index contributed by atoms with van der Waals surface area (Å²) >= 11 is 0. The van der Waals surface area contributed by atoms with Crippen LogP contribution in [0.3, 0.4) is 0 Å². The van der Waals surface area contributed by atoms with Crippen molar-refractivity contribution in [3.63, 3.8) is 0 Å². The second kappa shape index (κ2) is 31.8. The average Bonchev–Trinajstić information content (AvgIpc) is 1.21. The molecule has 0 saturated heterocycles. The van der Waals surface area contributed by atoms with Crippen LogP contribution in [0.4, 0.5) is 0 Å². The smallest absolute Gasteiger partial charge is 0.336 e. The summed E-state index contributed by atoms with van der Waals surface area (Å²) in [7, 11) is 0. The van der Waals surface area contributed by atoms with Crippen molar-refractivity contribution in [1.29, 1.82) is 5.26 Å². The Morgan fingerprint density at radius 2 is 0.667 bits per heavy atom. The van der Waals surface area contributed by atoms with Crippen LogP contribution in [-0.2, 0) is 68.0 Å². The number of ether oxygens (including phenoxy) is 1. The lowest BCUT2D eigenvalue weighted by Gasteiger charge is -2.46. The minimum Gasteiger partial charge on any atom is -0.428 e. The fourth-order valence-corrected chi connectivity index (χ4v) is 14.6. The number of rotatable bonds is 30. The number of aliphatic imine (C=N–C) groups is 5. The van der Waals surface area contributed by atoms with Gasteiger partial charge in [0.2, 0.25) is 30.4 Å². The molecule has 2 aromatic rings. The van der Waals surface area contributed by atoms with Crippen LogP contribution in [-0.4, -0.2) is 95.6 Å². The third-order valence-corrected chi connectivity index (χ3v) is 16.7. The van der Waals surface area contributed by atoms with Gasteiger partial charge in [0.05, 0.1) is 31.2 Å². The zero-order valence-electron chi connectivity index (χ0n) is 51.2.